The number of para-hydroxylation sites is 4. The van der Waals surface area contributed by atoms with E-state index in [0.717, 1.165) is 42.5 Å². The summed E-state index contributed by atoms with van der Waals surface area (Å²) in [5, 5.41) is 29.9. The summed E-state index contributed by atoms with van der Waals surface area (Å²) in [6, 6.07) is 114. The monoisotopic (exact) mass is 1300 g/mol. The molecule has 14 aromatic carbocycles. The quantitative estimate of drug-likeness (QED) is 0.156. The van der Waals surface area contributed by atoms with Gasteiger partial charge in [0.15, 0.2) is 0 Å². The predicted octanol–water partition coefficient (Wildman–Crippen LogP) is 21.1. The van der Waals surface area contributed by atoms with Crippen LogP contribution in [0.1, 0.15) is 0 Å². The van der Waals surface area contributed by atoms with Crippen LogP contribution in [-0.2, 0) is 0 Å². The maximum Gasteiger partial charge on any atom is 0.488 e. The topological polar surface area (TPSA) is 60.2 Å². The van der Waals surface area contributed by atoms with Gasteiger partial charge in [-0.15, -0.1) is 0 Å². The molecule has 0 fully saturated rings. The maximum absolute atomic E-state index is 8.94. The molecule has 6 nitrogen and oxygen atoms in total. The van der Waals surface area contributed by atoms with Crippen LogP contribution < -0.4 is 5.46 Å². The van der Waals surface area contributed by atoms with Gasteiger partial charge in [-0.1, -0.05) is 244 Å². The number of fused-ring (bicyclic) bond motifs is 13. The summed E-state index contributed by atoms with van der Waals surface area (Å²) in [5.74, 6) is 0. The van der Waals surface area contributed by atoms with Gasteiger partial charge in [0.1, 0.15) is 0 Å². The smallest absolute Gasteiger partial charge is 0.423 e. The third-order valence-electron chi connectivity index (χ3n) is 17.5. The molecule has 432 valence electrons. The number of hydrogen-bond donors (Lipinski definition) is 2. The molecule has 0 bridgehead atoms. The molecule has 2 N–H and O–H groups in total. The second kappa shape index (κ2) is 23.5. The molecular formula is C82H55BBr2N4O2. The van der Waals surface area contributed by atoms with Crippen molar-refractivity contribution in [2.75, 3.05) is 0 Å². The minimum Gasteiger partial charge on any atom is -0.423 e. The molecule has 18 rings (SSSR count). The van der Waals surface area contributed by atoms with Crippen molar-refractivity contribution in [3.05, 3.63) is 330 Å². The first-order valence-corrected chi connectivity index (χ1v) is 32.0. The summed E-state index contributed by atoms with van der Waals surface area (Å²) in [4.78, 5) is 0. The first kappa shape index (κ1) is 55.8. The summed E-state index contributed by atoms with van der Waals surface area (Å²) in [5.41, 5.74) is 19.7. The van der Waals surface area contributed by atoms with E-state index in [1.54, 1.807) is 12.1 Å². The molecule has 0 aliphatic rings. The van der Waals surface area contributed by atoms with E-state index in [1.807, 2.05) is 30.3 Å². The van der Waals surface area contributed by atoms with Crippen molar-refractivity contribution in [3.63, 3.8) is 0 Å². The van der Waals surface area contributed by atoms with Crippen LogP contribution in [0.5, 0.6) is 0 Å². The van der Waals surface area contributed by atoms with E-state index in [1.165, 1.54) is 109 Å². The van der Waals surface area contributed by atoms with Gasteiger partial charge < -0.3 is 28.3 Å². The highest BCUT2D eigenvalue weighted by atomic mass is 79.9. The number of halogens is 2. The Morgan fingerprint density at radius 1 is 0.231 bits per heavy atom. The van der Waals surface area contributed by atoms with Gasteiger partial charge in [-0.3, -0.25) is 0 Å². The molecule has 0 atom stereocenters. The van der Waals surface area contributed by atoms with Gasteiger partial charge in [0.05, 0.1) is 44.1 Å². The summed E-state index contributed by atoms with van der Waals surface area (Å²) in [6.45, 7) is 0. The SMILES string of the molecule is Brc1ccc2c(c1)n(-c1ccccc1)c1c3ccc(Br)cc3n(-c3ccccc3)c21.OB(O)c1ccc2ccccc2c1.c1ccc(-n2c3cc(-c4ccc5ccccc5c4)ccc3c3c2c2ccc(-c4ccc5ccccc5c4)cc2n3-c2ccccc2)cc1. The van der Waals surface area contributed by atoms with Crippen molar-refractivity contribution in [3.8, 4) is 45.0 Å². The van der Waals surface area contributed by atoms with Crippen LogP contribution in [-0.4, -0.2) is 35.4 Å². The van der Waals surface area contributed by atoms with Crippen LogP contribution in [0.15, 0.2) is 330 Å². The van der Waals surface area contributed by atoms with Crippen LogP contribution in [0.4, 0.5) is 0 Å². The summed E-state index contributed by atoms with van der Waals surface area (Å²) in [7, 11) is -1.38. The highest BCUT2D eigenvalue weighted by molar-refractivity contribution is 9.10. The average Bonchev–Trinajstić information content (AvgIpc) is 1.58. The van der Waals surface area contributed by atoms with Gasteiger partial charge in [-0.25, -0.2) is 0 Å². The van der Waals surface area contributed by atoms with E-state index in [4.69, 9.17) is 10.0 Å². The van der Waals surface area contributed by atoms with Gasteiger partial charge in [0.25, 0.3) is 0 Å². The van der Waals surface area contributed by atoms with Gasteiger partial charge in [-0.05, 0) is 169 Å². The Balaban J connectivity index is 0.000000130. The summed E-state index contributed by atoms with van der Waals surface area (Å²) >= 11 is 7.36. The molecule has 9 heteroatoms. The Labute approximate surface area is 542 Å². The van der Waals surface area contributed by atoms with E-state index in [2.05, 4.69) is 329 Å². The Hall–Kier alpha value is -10.5. The van der Waals surface area contributed by atoms with Crippen molar-refractivity contribution in [1.82, 2.24) is 18.3 Å². The number of rotatable bonds is 7. The average molecular weight is 1300 g/mol. The standard InChI is InChI=1S/C46H30N2.C26H16Br2N2.C10H9BO2/c1-3-15-39(16-4-1)47-43-29-37(35-21-19-31-11-7-9-13-33(31)27-35)23-25-41(43)46-45(47)42-26-24-38(30-44(42)48(46)40-17-5-2-6-18-40)36-22-20-32-12-8-10-14-34(32)28-36;27-17-11-13-21-23(15-17)29(19-7-3-1-4-8-19)25-22-14-12-18(28)16-24(22)30(26(21)25)20-9-5-2-6-10-20;12-11(13)10-6-5-8-3-1-2-4-9(8)7-10/h1-30H;1-16H;1-7,12-13H. The maximum atomic E-state index is 8.94. The zero-order valence-electron chi connectivity index (χ0n) is 49.1. The fraction of sp³-hybridized carbons (Fsp3) is 0. The van der Waals surface area contributed by atoms with Crippen molar-refractivity contribution in [2.24, 2.45) is 0 Å². The molecule has 0 unspecified atom stereocenters. The lowest BCUT2D eigenvalue weighted by Gasteiger charge is -2.12. The fourth-order valence-electron chi connectivity index (χ4n) is 13.4. The van der Waals surface area contributed by atoms with Crippen molar-refractivity contribution < 1.29 is 10.0 Å². The third kappa shape index (κ3) is 10.1. The zero-order valence-corrected chi connectivity index (χ0v) is 52.3. The minimum absolute atomic E-state index is 0.527. The molecule has 4 aromatic heterocycles. The highest BCUT2D eigenvalue weighted by Gasteiger charge is 2.25. The highest BCUT2D eigenvalue weighted by Crippen LogP contribution is 2.45. The van der Waals surface area contributed by atoms with E-state index < -0.39 is 7.12 Å². The Bertz CT molecular complexity index is 5460. The van der Waals surface area contributed by atoms with E-state index in [0.29, 0.717) is 5.46 Å². The van der Waals surface area contributed by atoms with E-state index in [-0.39, 0.29) is 0 Å². The molecule has 0 amide bonds. The minimum atomic E-state index is -1.38. The van der Waals surface area contributed by atoms with Gasteiger partial charge in [0.2, 0.25) is 0 Å². The van der Waals surface area contributed by atoms with Gasteiger partial charge in [-0.2, -0.15) is 0 Å². The lowest BCUT2D eigenvalue weighted by Crippen LogP contribution is -2.29. The second-order valence-electron chi connectivity index (χ2n) is 23.0. The molecule has 0 saturated heterocycles. The summed E-state index contributed by atoms with van der Waals surface area (Å²) in [6.07, 6.45) is 0. The molecule has 0 aliphatic carbocycles. The number of nitrogens with zero attached hydrogens (tertiary/aromatic N) is 4. The molecule has 0 spiro atoms. The lowest BCUT2D eigenvalue weighted by atomic mass is 9.79. The molecular weight excluding hydrogens is 1240 g/mol. The van der Waals surface area contributed by atoms with Crippen LogP contribution in [0.25, 0.3) is 143 Å². The van der Waals surface area contributed by atoms with Gasteiger partial charge >= 0.3 is 7.12 Å². The molecule has 0 saturated carbocycles. The normalized spacial score (nSPS) is 11.5. The Morgan fingerprint density at radius 3 is 0.835 bits per heavy atom. The molecule has 0 aliphatic heterocycles. The van der Waals surface area contributed by atoms with Crippen LogP contribution >= 0.6 is 31.9 Å². The first-order valence-electron chi connectivity index (χ1n) is 30.4. The molecule has 91 heavy (non-hydrogen) atoms. The lowest BCUT2D eigenvalue weighted by molar-refractivity contribution is 0.426. The van der Waals surface area contributed by atoms with Crippen molar-refractivity contribution in [1.29, 1.82) is 0 Å². The molecule has 0 radical (unpaired) electrons. The largest absolute Gasteiger partial charge is 0.488 e. The van der Waals surface area contributed by atoms with Crippen LogP contribution in [0.3, 0.4) is 0 Å². The summed E-state index contributed by atoms with van der Waals surface area (Å²) < 4.78 is 11.8. The first-order chi connectivity index (χ1) is 44.8. The van der Waals surface area contributed by atoms with Gasteiger partial charge in [0, 0.05) is 53.2 Å². The Kier molecular flexibility index (Phi) is 14.4. The fourth-order valence-corrected chi connectivity index (χ4v) is 14.1. The molecule has 18 aromatic rings. The van der Waals surface area contributed by atoms with Crippen molar-refractivity contribution >= 4 is 142 Å². The third-order valence-corrected chi connectivity index (χ3v) is 18.5. The molecule has 4 heterocycles. The predicted molar refractivity (Wildman–Crippen MR) is 390 cm³/mol. The number of hydrogen-bond acceptors (Lipinski definition) is 2. The number of benzene rings is 14. The second-order valence-corrected chi connectivity index (χ2v) is 24.8. The number of aromatic nitrogens is 4. The Morgan fingerprint density at radius 2 is 0.495 bits per heavy atom. The van der Waals surface area contributed by atoms with E-state index in [9.17, 15) is 0 Å². The zero-order chi connectivity index (χ0) is 61.1. The van der Waals surface area contributed by atoms with Crippen molar-refractivity contribution in [2.45, 2.75) is 0 Å². The van der Waals surface area contributed by atoms with Crippen LogP contribution in [0.2, 0.25) is 0 Å². The van der Waals surface area contributed by atoms with E-state index >= 15 is 0 Å². The van der Waals surface area contributed by atoms with Crippen LogP contribution in [0, 0.1) is 0 Å².